The van der Waals surface area contributed by atoms with Gasteiger partial charge in [-0.15, -0.1) is 0 Å². The van der Waals surface area contributed by atoms with Crippen LogP contribution in [-0.4, -0.2) is 46.0 Å². The molecule has 3 rings (SSSR count). The lowest BCUT2D eigenvalue weighted by Crippen LogP contribution is -2.29. The minimum atomic E-state index is -4.44. The van der Waals surface area contributed by atoms with Gasteiger partial charge in [0.25, 0.3) is 0 Å². The van der Waals surface area contributed by atoms with Gasteiger partial charge in [0.2, 0.25) is 0 Å². The number of likely N-dealkylation sites (tertiary alicyclic amines) is 1. The van der Waals surface area contributed by atoms with E-state index in [9.17, 15) is 22.8 Å². The Labute approximate surface area is 160 Å². The highest BCUT2D eigenvalue weighted by molar-refractivity contribution is 5.99. The standard InChI is InChI=1S/C20H21F3N2O3/c1-12-8-17(18(26)11-24-7-6-14(10-24)19(27)28)13(2)25(12)16-5-3-4-15(9-16)20(21,22)23/h3-5,8-9,14H,6-7,10-11H2,1-2H3,(H,27,28). The summed E-state index contributed by atoms with van der Waals surface area (Å²) in [4.78, 5) is 25.6. The van der Waals surface area contributed by atoms with Crippen LogP contribution >= 0.6 is 0 Å². The van der Waals surface area contributed by atoms with E-state index in [1.54, 1.807) is 35.4 Å². The molecular weight excluding hydrogens is 373 g/mol. The Balaban J connectivity index is 1.84. The Morgan fingerprint density at radius 2 is 1.93 bits per heavy atom. The quantitative estimate of drug-likeness (QED) is 0.786. The van der Waals surface area contributed by atoms with E-state index in [1.807, 2.05) is 0 Å². The minimum Gasteiger partial charge on any atom is -0.481 e. The van der Waals surface area contributed by atoms with Crippen LogP contribution in [0.15, 0.2) is 30.3 Å². The second-order valence-corrected chi connectivity index (χ2v) is 7.15. The smallest absolute Gasteiger partial charge is 0.416 e. The third-order valence-corrected chi connectivity index (χ3v) is 5.15. The van der Waals surface area contributed by atoms with Gasteiger partial charge in [-0.3, -0.25) is 14.5 Å². The Kier molecular flexibility index (Phi) is 5.34. The Bertz CT molecular complexity index is 918. The predicted molar refractivity (Wildman–Crippen MR) is 96.8 cm³/mol. The zero-order chi connectivity index (χ0) is 20.6. The van der Waals surface area contributed by atoms with Crippen molar-refractivity contribution in [1.29, 1.82) is 0 Å². The number of hydrogen-bond donors (Lipinski definition) is 1. The molecule has 1 aromatic carbocycles. The molecule has 8 heteroatoms. The maximum Gasteiger partial charge on any atom is 0.416 e. The molecule has 2 aromatic rings. The average molecular weight is 394 g/mol. The third-order valence-electron chi connectivity index (χ3n) is 5.15. The van der Waals surface area contributed by atoms with E-state index in [2.05, 4.69) is 0 Å². The van der Waals surface area contributed by atoms with Gasteiger partial charge < -0.3 is 9.67 Å². The lowest BCUT2D eigenvalue weighted by molar-refractivity contribution is -0.141. The summed E-state index contributed by atoms with van der Waals surface area (Å²) in [6, 6.07) is 6.65. The summed E-state index contributed by atoms with van der Waals surface area (Å²) in [5.74, 6) is -1.50. The Hall–Kier alpha value is -2.61. The fourth-order valence-corrected chi connectivity index (χ4v) is 3.73. The molecule has 0 radical (unpaired) electrons. The van der Waals surface area contributed by atoms with Crippen molar-refractivity contribution in [1.82, 2.24) is 9.47 Å². The van der Waals surface area contributed by atoms with Crippen LogP contribution in [-0.2, 0) is 11.0 Å². The summed E-state index contributed by atoms with van der Waals surface area (Å²) in [6.45, 7) is 4.39. The summed E-state index contributed by atoms with van der Waals surface area (Å²) >= 11 is 0. The van der Waals surface area contributed by atoms with E-state index >= 15 is 0 Å². The summed E-state index contributed by atoms with van der Waals surface area (Å²) < 4.78 is 40.7. The van der Waals surface area contributed by atoms with E-state index in [-0.39, 0.29) is 12.3 Å². The van der Waals surface area contributed by atoms with Crippen LogP contribution in [0.2, 0.25) is 0 Å². The molecule has 0 aliphatic carbocycles. The number of carboxylic acids is 1. The number of carbonyl (C=O) groups is 2. The number of carboxylic acid groups (broad SMARTS) is 1. The van der Waals surface area contributed by atoms with Gasteiger partial charge in [-0.05, 0) is 51.1 Å². The number of ketones is 1. The molecule has 5 nitrogen and oxygen atoms in total. The van der Waals surface area contributed by atoms with Crippen LogP contribution in [0.4, 0.5) is 13.2 Å². The topological polar surface area (TPSA) is 62.5 Å². The van der Waals surface area contributed by atoms with Gasteiger partial charge in [0.1, 0.15) is 0 Å². The number of aryl methyl sites for hydroxylation is 1. The molecule has 0 saturated carbocycles. The van der Waals surface area contributed by atoms with Crippen LogP contribution in [0.3, 0.4) is 0 Å². The van der Waals surface area contributed by atoms with E-state index < -0.39 is 23.6 Å². The maximum absolute atomic E-state index is 13.0. The van der Waals surface area contributed by atoms with Crippen molar-refractivity contribution in [2.24, 2.45) is 5.92 Å². The first-order valence-electron chi connectivity index (χ1n) is 8.93. The molecule has 2 heterocycles. The molecule has 1 aliphatic rings. The summed E-state index contributed by atoms with van der Waals surface area (Å²) in [7, 11) is 0. The highest BCUT2D eigenvalue weighted by atomic mass is 19.4. The second kappa shape index (κ2) is 7.43. The van der Waals surface area contributed by atoms with Gasteiger partial charge in [0, 0.05) is 29.2 Å². The monoisotopic (exact) mass is 394 g/mol. The molecule has 1 aromatic heterocycles. The molecule has 28 heavy (non-hydrogen) atoms. The lowest BCUT2D eigenvalue weighted by atomic mass is 10.1. The van der Waals surface area contributed by atoms with Crippen LogP contribution < -0.4 is 0 Å². The molecule has 150 valence electrons. The van der Waals surface area contributed by atoms with Crippen molar-refractivity contribution in [2.75, 3.05) is 19.6 Å². The number of rotatable bonds is 5. The van der Waals surface area contributed by atoms with Crippen molar-refractivity contribution < 1.29 is 27.9 Å². The summed E-state index contributed by atoms with van der Waals surface area (Å²) in [5, 5.41) is 9.08. The number of halogens is 3. The highest BCUT2D eigenvalue weighted by Gasteiger charge is 2.32. The third kappa shape index (κ3) is 3.96. The van der Waals surface area contributed by atoms with Crippen molar-refractivity contribution >= 4 is 11.8 Å². The van der Waals surface area contributed by atoms with Crippen molar-refractivity contribution in [3.05, 3.63) is 52.8 Å². The van der Waals surface area contributed by atoms with Crippen molar-refractivity contribution in [3.8, 4) is 5.69 Å². The molecule has 0 bridgehead atoms. The molecular formula is C20H21F3N2O3. The number of aliphatic carboxylic acids is 1. The number of nitrogens with zero attached hydrogens (tertiary/aromatic N) is 2. The van der Waals surface area contributed by atoms with Gasteiger partial charge in [-0.1, -0.05) is 6.07 Å². The zero-order valence-electron chi connectivity index (χ0n) is 15.6. The molecule has 1 atom stereocenters. The molecule has 1 N–H and O–H groups in total. The number of hydrogen-bond acceptors (Lipinski definition) is 3. The van der Waals surface area contributed by atoms with Crippen LogP contribution in [0.5, 0.6) is 0 Å². The van der Waals surface area contributed by atoms with Gasteiger partial charge in [-0.25, -0.2) is 0 Å². The lowest BCUT2D eigenvalue weighted by Gasteiger charge is -2.15. The van der Waals surface area contributed by atoms with Crippen molar-refractivity contribution in [2.45, 2.75) is 26.4 Å². The van der Waals surface area contributed by atoms with Crippen LogP contribution in [0, 0.1) is 19.8 Å². The highest BCUT2D eigenvalue weighted by Crippen LogP contribution is 2.31. The molecule has 0 spiro atoms. The molecule has 1 saturated heterocycles. The van der Waals surface area contributed by atoms with Gasteiger partial charge >= 0.3 is 12.1 Å². The molecule has 0 amide bonds. The SMILES string of the molecule is Cc1cc(C(=O)CN2CCC(C(=O)O)C2)c(C)n1-c1cccc(C(F)(F)F)c1. The Morgan fingerprint density at radius 1 is 1.21 bits per heavy atom. The van der Waals surface area contributed by atoms with E-state index in [1.165, 1.54) is 6.07 Å². The number of benzene rings is 1. The number of aromatic nitrogens is 1. The van der Waals surface area contributed by atoms with Crippen molar-refractivity contribution in [3.63, 3.8) is 0 Å². The first-order chi connectivity index (χ1) is 13.1. The van der Waals surface area contributed by atoms with Gasteiger partial charge in [-0.2, -0.15) is 13.2 Å². The van der Waals surface area contributed by atoms with Crippen LogP contribution in [0.1, 0.15) is 33.7 Å². The number of alkyl halides is 3. The van der Waals surface area contributed by atoms with Gasteiger partial charge in [0.05, 0.1) is 18.0 Å². The minimum absolute atomic E-state index is 0.0939. The number of Topliss-reactive ketones (excluding diaryl/α,β-unsaturated/α-hetero) is 1. The second-order valence-electron chi connectivity index (χ2n) is 7.15. The zero-order valence-corrected chi connectivity index (χ0v) is 15.6. The van der Waals surface area contributed by atoms with Crippen LogP contribution in [0.25, 0.3) is 5.69 Å². The fourth-order valence-electron chi connectivity index (χ4n) is 3.73. The molecule has 1 fully saturated rings. The first-order valence-corrected chi connectivity index (χ1v) is 8.93. The largest absolute Gasteiger partial charge is 0.481 e. The van der Waals surface area contributed by atoms with E-state index in [0.29, 0.717) is 42.1 Å². The summed E-state index contributed by atoms with van der Waals surface area (Å²) in [5.41, 5.74) is 1.26. The normalized spacial score (nSPS) is 17.8. The van der Waals surface area contributed by atoms with E-state index in [4.69, 9.17) is 5.11 Å². The molecule has 1 unspecified atom stereocenters. The Morgan fingerprint density at radius 3 is 2.54 bits per heavy atom. The summed E-state index contributed by atoms with van der Waals surface area (Å²) in [6.07, 6.45) is -3.94. The maximum atomic E-state index is 13.0. The van der Waals surface area contributed by atoms with Gasteiger partial charge in [0.15, 0.2) is 5.78 Å². The fraction of sp³-hybridized carbons (Fsp3) is 0.400. The van der Waals surface area contributed by atoms with E-state index in [0.717, 1.165) is 12.1 Å². The predicted octanol–water partition coefficient (Wildman–Crippen LogP) is 3.70. The average Bonchev–Trinajstić information content (AvgIpc) is 3.19. The number of carbonyl (C=O) groups excluding carboxylic acids is 1. The first kappa shape index (κ1) is 20.1. The molecule has 1 aliphatic heterocycles.